The fraction of sp³-hybridized carbons (Fsp3) is 0.308. The molecule has 2 heterocycles. The summed E-state index contributed by atoms with van der Waals surface area (Å²) in [5, 5.41) is 8.88. The van der Waals surface area contributed by atoms with E-state index in [1.807, 2.05) is 0 Å². The second-order valence-corrected chi connectivity index (χ2v) is 4.67. The zero-order valence-electron chi connectivity index (χ0n) is 10.2. The third kappa shape index (κ3) is 1.78. The van der Waals surface area contributed by atoms with Crippen LogP contribution in [0.15, 0.2) is 18.2 Å². The molecule has 0 aliphatic carbocycles. The van der Waals surface area contributed by atoms with E-state index in [0.29, 0.717) is 12.8 Å². The number of halogens is 1. The molecule has 1 aromatic rings. The van der Waals surface area contributed by atoms with Gasteiger partial charge in [0.1, 0.15) is 18.0 Å². The predicted octanol–water partition coefficient (Wildman–Crippen LogP) is 0.945. The summed E-state index contributed by atoms with van der Waals surface area (Å²) < 4.78 is 18.6. The van der Waals surface area contributed by atoms with Gasteiger partial charge in [0, 0.05) is 0 Å². The highest BCUT2D eigenvalue weighted by molar-refractivity contribution is 6.20. The standard InChI is InChI=1S/C13H10FNO5/c14-8-2-1-6(5-7(8)13(18)19)15-11(16)9-3-4-10(20-9)12(15)17/h1-2,5,9-10H,3-4H2,(H,18,19). The summed E-state index contributed by atoms with van der Waals surface area (Å²) in [5.74, 6) is -3.45. The van der Waals surface area contributed by atoms with Crippen molar-refractivity contribution in [1.82, 2.24) is 0 Å². The Labute approximate surface area is 112 Å². The Kier molecular flexibility index (Phi) is 2.79. The molecular weight excluding hydrogens is 269 g/mol. The Bertz CT molecular complexity index is 607. The van der Waals surface area contributed by atoms with Crippen molar-refractivity contribution in [2.75, 3.05) is 4.90 Å². The maximum absolute atomic E-state index is 13.4. The number of amides is 2. The van der Waals surface area contributed by atoms with Crippen LogP contribution in [0, 0.1) is 5.82 Å². The monoisotopic (exact) mass is 279 g/mol. The third-order valence-corrected chi connectivity index (χ3v) is 3.45. The average Bonchev–Trinajstić information content (AvgIpc) is 2.85. The van der Waals surface area contributed by atoms with Gasteiger partial charge in [0.25, 0.3) is 11.8 Å². The number of nitrogens with zero attached hydrogens (tertiary/aromatic N) is 1. The van der Waals surface area contributed by atoms with Crippen LogP contribution in [-0.4, -0.2) is 35.1 Å². The van der Waals surface area contributed by atoms with Gasteiger partial charge in [-0.3, -0.25) is 9.59 Å². The Morgan fingerprint density at radius 2 is 1.85 bits per heavy atom. The van der Waals surface area contributed by atoms with Crippen molar-refractivity contribution in [2.24, 2.45) is 0 Å². The molecule has 0 spiro atoms. The number of anilines is 1. The fourth-order valence-electron chi connectivity index (χ4n) is 2.47. The summed E-state index contributed by atoms with van der Waals surface area (Å²) in [6, 6.07) is 3.12. The summed E-state index contributed by atoms with van der Waals surface area (Å²) in [4.78, 5) is 36.0. The average molecular weight is 279 g/mol. The summed E-state index contributed by atoms with van der Waals surface area (Å²) >= 11 is 0. The first kappa shape index (κ1) is 12.7. The van der Waals surface area contributed by atoms with E-state index in [-0.39, 0.29) is 5.69 Å². The maximum Gasteiger partial charge on any atom is 0.338 e. The van der Waals surface area contributed by atoms with Crippen molar-refractivity contribution in [1.29, 1.82) is 0 Å². The van der Waals surface area contributed by atoms with Gasteiger partial charge in [-0.25, -0.2) is 14.1 Å². The molecule has 2 amide bonds. The van der Waals surface area contributed by atoms with Gasteiger partial charge in [0.05, 0.1) is 11.3 Å². The van der Waals surface area contributed by atoms with Gasteiger partial charge in [-0.05, 0) is 31.0 Å². The van der Waals surface area contributed by atoms with Gasteiger partial charge in [0.2, 0.25) is 0 Å². The second kappa shape index (κ2) is 4.38. The third-order valence-electron chi connectivity index (χ3n) is 3.45. The second-order valence-electron chi connectivity index (χ2n) is 4.67. The van der Waals surface area contributed by atoms with Gasteiger partial charge in [-0.2, -0.15) is 0 Å². The molecule has 104 valence electrons. The van der Waals surface area contributed by atoms with E-state index in [9.17, 15) is 18.8 Å². The van der Waals surface area contributed by atoms with Gasteiger partial charge < -0.3 is 9.84 Å². The van der Waals surface area contributed by atoms with Crippen LogP contribution in [0.3, 0.4) is 0 Å². The number of ether oxygens (including phenoxy) is 1. The van der Waals surface area contributed by atoms with Crippen LogP contribution < -0.4 is 4.90 Å². The molecule has 3 rings (SSSR count). The minimum Gasteiger partial charge on any atom is -0.478 e. The molecule has 2 aliphatic heterocycles. The molecule has 2 saturated heterocycles. The Hall–Kier alpha value is -2.28. The molecule has 6 nitrogen and oxygen atoms in total. The predicted molar refractivity (Wildman–Crippen MR) is 63.7 cm³/mol. The normalized spacial score (nSPS) is 25.1. The van der Waals surface area contributed by atoms with Crippen LogP contribution in [0.4, 0.5) is 10.1 Å². The molecule has 1 N–H and O–H groups in total. The number of morpholine rings is 1. The minimum atomic E-state index is -1.46. The Morgan fingerprint density at radius 1 is 1.25 bits per heavy atom. The molecule has 2 fully saturated rings. The summed E-state index contributed by atoms with van der Waals surface area (Å²) in [5.41, 5.74) is -0.527. The van der Waals surface area contributed by atoms with Crippen molar-refractivity contribution in [3.8, 4) is 0 Å². The Balaban J connectivity index is 2.04. The zero-order valence-corrected chi connectivity index (χ0v) is 10.2. The van der Waals surface area contributed by atoms with Crippen molar-refractivity contribution < 1.29 is 28.6 Å². The minimum absolute atomic E-state index is 0.0546. The summed E-state index contributed by atoms with van der Waals surface area (Å²) in [6.07, 6.45) is -0.454. The van der Waals surface area contributed by atoms with Crippen molar-refractivity contribution >= 4 is 23.5 Å². The van der Waals surface area contributed by atoms with E-state index in [4.69, 9.17) is 9.84 Å². The lowest BCUT2D eigenvalue weighted by molar-refractivity contribution is -0.146. The molecule has 2 aliphatic rings. The molecule has 20 heavy (non-hydrogen) atoms. The number of carbonyl (C=O) groups is 3. The van der Waals surface area contributed by atoms with E-state index >= 15 is 0 Å². The number of hydrogen-bond acceptors (Lipinski definition) is 4. The number of aromatic carboxylic acids is 1. The van der Waals surface area contributed by atoms with E-state index in [2.05, 4.69) is 0 Å². The molecular formula is C13H10FNO5. The van der Waals surface area contributed by atoms with Crippen molar-refractivity contribution in [3.05, 3.63) is 29.6 Å². The number of benzene rings is 1. The highest BCUT2D eigenvalue weighted by Crippen LogP contribution is 2.32. The number of hydrogen-bond donors (Lipinski definition) is 1. The first-order valence-corrected chi connectivity index (χ1v) is 6.05. The molecule has 0 radical (unpaired) electrons. The smallest absolute Gasteiger partial charge is 0.338 e. The van der Waals surface area contributed by atoms with E-state index in [1.54, 1.807) is 0 Å². The van der Waals surface area contributed by atoms with Gasteiger partial charge in [-0.1, -0.05) is 0 Å². The number of carbonyl (C=O) groups excluding carboxylic acids is 2. The lowest BCUT2D eigenvalue weighted by Crippen LogP contribution is -2.52. The summed E-state index contributed by atoms with van der Waals surface area (Å²) in [7, 11) is 0. The quantitative estimate of drug-likeness (QED) is 0.815. The maximum atomic E-state index is 13.4. The zero-order chi connectivity index (χ0) is 14.4. The van der Waals surface area contributed by atoms with Crippen LogP contribution in [0.5, 0.6) is 0 Å². The summed E-state index contributed by atoms with van der Waals surface area (Å²) in [6.45, 7) is 0. The largest absolute Gasteiger partial charge is 0.478 e. The van der Waals surface area contributed by atoms with Gasteiger partial charge in [0.15, 0.2) is 0 Å². The molecule has 7 heteroatoms. The van der Waals surface area contributed by atoms with Crippen molar-refractivity contribution in [2.45, 2.75) is 25.0 Å². The van der Waals surface area contributed by atoms with Crippen LogP contribution in [0.25, 0.3) is 0 Å². The lowest BCUT2D eigenvalue weighted by Gasteiger charge is -2.30. The SMILES string of the molecule is O=C(O)c1cc(N2C(=O)C3CCC(O3)C2=O)ccc1F. The molecule has 2 bridgehead atoms. The Morgan fingerprint density at radius 3 is 2.40 bits per heavy atom. The molecule has 2 unspecified atom stereocenters. The van der Waals surface area contributed by atoms with Crippen LogP contribution in [0.2, 0.25) is 0 Å². The highest BCUT2D eigenvalue weighted by Gasteiger charge is 2.47. The topological polar surface area (TPSA) is 83.9 Å². The highest BCUT2D eigenvalue weighted by atomic mass is 19.1. The van der Waals surface area contributed by atoms with E-state index < -0.39 is 41.4 Å². The van der Waals surface area contributed by atoms with E-state index in [1.165, 1.54) is 6.07 Å². The van der Waals surface area contributed by atoms with Crippen LogP contribution in [-0.2, 0) is 14.3 Å². The number of fused-ring (bicyclic) bond motifs is 2. The molecule has 0 saturated carbocycles. The first-order chi connectivity index (χ1) is 9.49. The van der Waals surface area contributed by atoms with Gasteiger partial charge >= 0.3 is 5.97 Å². The van der Waals surface area contributed by atoms with E-state index in [0.717, 1.165) is 17.0 Å². The number of carboxylic acid groups (broad SMARTS) is 1. The van der Waals surface area contributed by atoms with Crippen molar-refractivity contribution in [3.63, 3.8) is 0 Å². The molecule has 2 atom stereocenters. The first-order valence-electron chi connectivity index (χ1n) is 6.05. The lowest BCUT2D eigenvalue weighted by atomic mass is 10.1. The molecule has 1 aromatic carbocycles. The van der Waals surface area contributed by atoms with Crippen LogP contribution >= 0.6 is 0 Å². The molecule has 0 aromatic heterocycles. The van der Waals surface area contributed by atoms with Crippen LogP contribution in [0.1, 0.15) is 23.2 Å². The number of carboxylic acids is 1. The fourth-order valence-corrected chi connectivity index (χ4v) is 2.47. The number of rotatable bonds is 2. The number of imide groups is 1. The van der Waals surface area contributed by atoms with Gasteiger partial charge in [-0.15, -0.1) is 0 Å².